The molecule has 1 aromatic heterocycles. The molecular formula is C17H25IN4O3. The third kappa shape index (κ3) is 5.25. The van der Waals surface area contributed by atoms with Gasteiger partial charge in [0.05, 0.1) is 26.5 Å². The van der Waals surface area contributed by atoms with Gasteiger partial charge in [-0.05, 0) is 18.6 Å². The molecule has 0 atom stereocenters. The Bertz CT molecular complexity index is 694. The number of nitrogens with zero attached hydrogens (tertiary/aromatic N) is 2. The maximum Gasteiger partial charge on any atom is 0.193 e. The fraction of sp³-hybridized carbons (Fsp3) is 0.412. The zero-order valence-electron chi connectivity index (χ0n) is 15.0. The monoisotopic (exact) mass is 460 g/mol. The molecule has 0 saturated carbocycles. The highest BCUT2D eigenvalue weighted by atomic mass is 127. The second kappa shape index (κ2) is 10.1. The van der Waals surface area contributed by atoms with Crippen molar-refractivity contribution in [2.24, 2.45) is 10.7 Å². The summed E-state index contributed by atoms with van der Waals surface area (Å²) in [7, 11) is 3.18. The maximum absolute atomic E-state index is 5.98. The molecule has 1 heterocycles. The van der Waals surface area contributed by atoms with Crippen molar-refractivity contribution in [2.75, 3.05) is 19.5 Å². The van der Waals surface area contributed by atoms with Crippen LogP contribution in [0.1, 0.15) is 30.9 Å². The second-order valence-electron chi connectivity index (χ2n) is 5.13. The summed E-state index contributed by atoms with van der Waals surface area (Å²) in [6, 6.07) is 5.45. The molecule has 7 nitrogen and oxygen atoms in total. The van der Waals surface area contributed by atoms with Crippen LogP contribution in [-0.2, 0) is 19.4 Å². The van der Waals surface area contributed by atoms with E-state index in [1.807, 2.05) is 19.9 Å². The van der Waals surface area contributed by atoms with Gasteiger partial charge in [0.2, 0.25) is 0 Å². The Morgan fingerprint density at radius 1 is 1.20 bits per heavy atom. The van der Waals surface area contributed by atoms with Crippen LogP contribution in [0.5, 0.6) is 11.5 Å². The standard InChI is InChI=1S/C17H24N4O3.HI/c1-5-13-12(14(6-2)24-21-13)10-19-17(18)20-11-7-8-15(22-3)16(9-11)23-4;/h7-9H,5-6,10H2,1-4H3,(H3,18,19,20);1H. The van der Waals surface area contributed by atoms with Gasteiger partial charge in [-0.15, -0.1) is 24.0 Å². The van der Waals surface area contributed by atoms with Crippen LogP contribution in [0.3, 0.4) is 0 Å². The third-order valence-electron chi connectivity index (χ3n) is 3.67. The van der Waals surface area contributed by atoms with E-state index in [2.05, 4.69) is 15.5 Å². The number of benzene rings is 1. The maximum atomic E-state index is 5.98. The Balaban J connectivity index is 0.00000312. The van der Waals surface area contributed by atoms with Gasteiger partial charge in [-0.25, -0.2) is 4.99 Å². The molecule has 0 radical (unpaired) electrons. The van der Waals surface area contributed by atoms with Crippen molar-refractivity contribution < 1.29 is 14.0 Å². The highest BCUT2D eigenvalue weighted by Gasteiger charge is 2.13. The Morgan fingerprint density at radius 2 is 1.92 bits per heavy atom. The SMILES string of the molecule is CCc1noc(CC)c1CN=C(N)Nc1ccc(OC)c(OC)c1.I. The van der Waals surface area contributed by atoms with Gasteiger partial charge in [0.25, 0.3) is 0 Å². The Kier molecular flexibility index (Phi) is 8.53. The van der Waals surface area contributed by atoms with Crippen molar-refractivity contribution in [3.05, 3.63) is 35.2 Å². The summed E-state index contributed by atoms with van der Waals surface area (Å²) in [5.41, 5.74) is 8.69. The third-order valence-corrected chi connectivity index (χ3v) is 3.67. The van der Waals surface area contributed by atoms with Crippen molar-refractivity contribution in [1.29, 1.82) is 0 Å². The fourth-order valence-corrected chi connectivity index (χ4v) is 2.38. The quantitative estimate of drug-likeness (QED) is 0.374. The minimum absolute atomic E-state index is 0. The molecule has 2 aromatic rings. The molecule has 0 unspecified atom stereocenters. The van der Waals surface area contributed by atoms with Gasteiger partial charge in [-0.2, -0.15) is 0 Å². The van der Waals surface area contributed by atoms with Crippen molar-refractivity contribution in [3.8, 4) is 11.5 Å². The number of hydrogen-bond donors (Lipinski definition) is 2. The van der Waals surface area contributed by atoms with E-state index in [4.69, 9.17) is 19.7 Å². The summed E-state index contributed by atoms with van der Waals surface area (Å²) in [5.74, 6) is 2.45. The summed E-state index contributed by atoms with van der Waals surface area (Å²) in [5, 5.41) is 7.12. The predicted octanol–water partition coefficient (Wildman–Crippen LogP) is 3.36. The molecule has 0 amide bonds. The first-order valence-electron chi connectivity index (χ1n) is 7.88. The van der Waals surface area contributed by atoms with Gasteiger partial charge < -0.3 is 25.0 Å². The number of methoxy groups -OCH3 is 2. The van der Waals surface area contributed by atoms with Gasteiger partial charge >= 0.3 is 0 Å². The highest BCUT2D eigenvalue weighted by Crippen LogP contribution is 2.29. The van der Waals surface area contributed by atoms with E-state index in [0.29, 0.717) is 24.0 Å². The zero-order valence-corrected chi connectivity index (χ0v) is 17.3. The molecule has 2 rings (SSSR count). The lowest BCUT2D eigenvalue weighted by molar-refractivity contribution is 0.355. The molecule has 0 aliphatic rings. The molecule has 0 spiro atoms. The van der Waals surface area contributed by atoms with E-state index in [1.54, 1.807) is 26.4 Å². The first-order valence-corrected chi connectivity index (χ1v) is 7.88. The molecule has 0 fully saturated rings. The number of aryl methyl sites for hydroxylation is 2. The van der Waals surface area contributed by atoms with Crippen LogP contribution < -0.4 is 20.5 Å². The van der Waals surface area contributed by atoms with E-state index in [9.17, 15) is 0 Å². The smallest absolute Gasteiger partial charge is 0.193 e. The Labute approximate surface area is 165 Å². The van der Waals surface area contributed by atoms with E-state index < -0.39 is 0 Å². The lowest BCUT2D eigenvalue weighted by Crippen LogP contribution is -2.22. The Morgan fingerprint density at radius 3 is 2.52 bits per heavy atom. The van der Waals surface area contributed by atoms with Gasteiger partial charge in [0, 0.05) is 23.7 Å². The topological polar surface area (TPSA) is 94.9 Å². The number of aliphatic imine (C=N–C) groups is 1. The number of rotatable bonds is 7. The molecule has 0 aliphatic carbocycles. The highest BCUT2D eigenvalue weighted by molar-refractivity contribution is 14.0. The molecular weight excluding hydrogens is 435 g/mol. The van der Waals surface area contributed by atoms with Crippen LogP contribution >= 0.6 is 24.0 Å². The fourth-order valence-electron chi connectivity index (χ4n) is 2.38. The molecule has 3 N–H and O–H groups in total. The van der Waals surface area contributed by atoms with Gasteiger partial charge in [0.1, 0.15) is 5.76 Å². The number of anilines is 1. The number of halogens is 1. The van der Waals surface area contributed by atoms with Crippen LogP contribution in [0.4, 0.5) is 5.69 Å². The van der Waals surface area contributed by atoms with Crippen molar-refractivity contribution >= 4 is 35.6 Å². The minimum Gasteiger partial charge on any atom is -0.493 e. The van der Waals surface area contributed by atoms with Crippen LogP contribution in [-0.4, -0.2) is 25.3 Å². The average molecular weight is 460 g/mol. The molecule has 1 aromatic carbocycles. The Hall–Kier alpha value is -1.97. The number of nitrogens with two attached hydrogens (primary N) is 1. The van der Waals surface area contributed by atoms with E-state index in [1.165, 1.54) is 0 Å². The number of hydrogen-bond acceptors (Lipinski definition) is 5. The molecule has 25 heavy (non-hydrogen) atoms. The average Bonchev–Trinajstić information content (AvgIpc) is 3.01. The number of ether oxygens (including phenoxy) is 2. The molecule has 0 saturated heterocycles. The summed E-state index contributed by atoms with van der Waals surface area (Å²) >= 11 is 0. The summed E-state index contributed by atoms with van der Waals surface area (Å²) in [6.07, 6.45) is 1.58. The normalized spacial score (nSPS) is 11.0. The van der Waals surface area contributed by atoms with Crippen molar-refractivity contribution in [1.82, 2.24) is 5.16 Å². The van der Waals surface area contributed by atoms with E-state index >= 15 is 0 Å². The first kappa shape index (κ1) is 21.1. The second-order valence-corrected chi connectivity index (χ2v) is 5.13. The van der Waals surface area contributed by atoms with Crippen molar-refractivity contribution in [2.45, 2.75) is 33.2 Å². The van der Waals surface area contributed by atoms with Crippen LogP contribution in [0.2, 0.25) is 0 Å². The summed E-state index contributed by atoms with van der Waals surface area (Å²) in [4.78, 5) is 4.39. The van der Waals surface area contributed by atoms with Gasteiger partial charge in [-0.1, -0.05) is 19.0 Å². The van der Waals surface area contributed by atoms with Crippen LogP contribution in [0.15, 0.2) is 27.7 Å². The lowest BCUT2D eigenvalue weighted by atomic mass is 10.1. The van der Waals surface area contributed by atoms with Crippen LogP contribution in [0.25, 0.3) is 0 Å². The number of aromatic nitrogens is 1. The number of nitrogens with one attached hydrogen (secondary N) is 1. The largest absolute Gasteiger partial charge is 0.493 e. The van der Waals surface area contributed by atoms with E-state index in [0.717, 1.165) is 35.5 Å². The van der Waals surface area contributed by atoms with Gasteiger partial charge in [0.15, 0.2) is 17.5 Å². The lowest BCUT2D eigenvalue weighted by Gasteiger charge is -2.11. The van der Waals surface area contributed by atoms with Gasteiger partial charge in [-0.3, -0.25) is 0 Å². The zero-order chi connectivity index (χ0) is 17.5. The predicted molar refractivity (Wildman–Crippen MR) is 109 cm³/mol. The van der Waals surface area contributed by atoms with E-state index in [-0.39, 0.29) is 24.0 Å². The minimum atomic E-state index is 0. The molecule has 8 heteroatoms. The molecule has 0 bridgehead atoms. The molecule has 0 aliphatic heterocycles. The first-order chi connectivity index (χ1) is 11.6. The summed E-state index contributed by atoms with van der Waals surface area (Å²) < 4.78 is 15.8. The summed E-state index contributed by atoms with van der Waals surface area (Å²) in [6.45, 7) is 4.50. The molecule has 138 valence electrons. The van der Waals surface area contributed by atoms with Crippen molar-refractivity contribution in [3.63, 3.8) is 0 Å². The number of guanidine groups is 1. The van der Waals surface area contributed by atoms with Crippen LogP contribution in [0, 0.1) is 0 Å².